The zero-order chi connectivity index (χ0) is 14.5. The first-order valence-corrected chi connectivity index (χ1v) is 8.27. The van der Waals surface area contributed by atoms with E-state index in [1.807, 2.05) is 0 Å². The van der Waals surface area contributed by atoms with Crippen LogP contribution in [0.5, 0.6) is 0 Å². The third kappa shape index (κ3) is 4.06. The Morgan fingerprint density at radius 1 is 1.47 bits per heavy atom. The Balaban J connectivity index is 2.84. The highest BCUT2D eigenvalue weighted by Crippen LogP contribution is 2.32. The van der Waals surface area contributed by atoms with Crippen LogP contribution in [0.2, 0.25) is 0 Å². The molecule has 9 heteroatoms. The first-order valence-electron chi connectivity index (χ1n) is 5.84. The van der Waals surface area contributed by atoms with Crippen molar-refractivity contribution in [2.24, 2.45) is 0 Å². The molecule has 0 aliphatic heterocycles. The number of carbonyl (C=O) groups is 1. The number of aromatic nitrogens is 1. The fourth-order valence-corrected chi connectivity index (χ4v) is 4.14. The van der Waals surface area contributed by atoms with Crippen molar-refractivity contribution in [3.63, 3.8) is 0 Å². The van der Waals surface area contributed by atoms with E-state index in [0.717, 1.165) is 11.5 Å². The fraction of sp³-hybridized carbons (Fsp3) is 0.600. The van der Waals surface area contributed by atoms with Crippen molar-refractivity contribution in [1.82, 2.24) is 9.69 Å². The van der Waals surface area contributed by atoms with E-state index < -0.39 is 9.84 Å². The van der Waals surface area contributed by atoms with Crippen molar-refractivity contribution >= 4 is 38.1 Å². The fourth-order valence-electron chi connectivity index (χ4n) is 1.49. The Kier molecular flexibility index (Phi) is 5.55. The molecule has 0 aromatic carbocycles. The molecule has 0 fully saturated rings. The maximum atomic E-state index is 12.1. The number of hydrogen-bond donors (Lipinski definition) is 3. The van der Waals surface area contributed by atoms with E-state index in [4.69, 9.17) is 5.73 Å². The molecular weight excluding hydrogens is 288 g/mol. The lowest BCUT2D eigenvalue weighted by Crippen LogP contribution is -2.21. The van der Waals surface area contributed by atoms with E-state index in [1.165, 1.54) is 0 Å². The lowest BCUT2D eigenvalue weighted by atomic mass is 10.4. The van der Waals surface area contributed by atoms with E-state index >= 15 is 0 Å². The van der Waals surface area contributed by atoms with Gasteiger partial charge in [0.05, 0.1) is 5.75 Å². The van der Waals surface area contributed by atoms with Crippen molar-refractivity contribution in [2.45, 2.75) is 24.7 Å². The van der Waals surface area contributed by atoms with Gasteiger partial charge in [0.25, 0.3) is 0 Å². The maximum absolute atomic E-state index is 12.1. The molecule has 1 aromatic rings. The summed E-state index contributed by atoms with van der Waals surface area (Å²) in [4.78, 5) is 11.1. The molecule has 0 aliphatic rings. The molecule has 0 saturated heterocycles. The lowest BCUT2D eigenvalue weighted by molar-refractivity contribution is -0.120. The molecule has 108 valence electrons. The summed E-state index contributed by atoms with van der Waals surface area (Å²) in [5, 5.41) is 5.79. The number of sulfone groups is 1. The molecule has 0 bridgehead atoms. The van der Waals surface area contributed by atoms with E-state index in [9.17, 15) is 13.2 Å². The van der Waals surface area contributed by atoms with Crippen molar-refractivity contribution in [3.05, 3.63) is 0 Å². The molecule has 1 rings (SSSR count). The molecule has 1 heterocycles. The van der Waals surface area contributed by atoms with Gasteiger partial charge in [0.1, 0.15) is 9.90 Å². The third-order valence-electron chi connectivity index (χ3n) is 2.37. The molecule has 1 aromatic heterocycles. The van der Waals surface area contributed by atoms with E-state index in [0.29, 0.717) is 18.0 Å². The average Bonchev–Trinajstić information content (AvgIpc) is 2.71. The smallest absolute Gasteiger partial charge is 0.221 e. The molecule has 7 nitrogen and oxygen atoms in total. The number of rotatable bonds is 7. The van der Waals surface area contributed by atoms with Crippen LogP contribution in [0.3, 0.4) is 0 Å². The predicted octanol–water partition coefficient (Wildman–Crippen LogP) is 0.457. The Morgan fingerprint density at radius 2 is 2.16 bits per heavy atom. The van der Waals surface area contributed by atoms with Gasteiger partial charge in [-0.3, -0.25) is 4.79 Å². The highest BCUT2D eigenvalue weighted by Gasteiger charge is 2.24. The summed E-state index contributed by atoms with van der Waals surface area (Å²) in [6, 6.07) is 0. The Bertz CT molecular complexity index is 539. The Hall–Kier alpha value is -1.35. The maximum Gasteiger partial charge on any atom is 0.221 e. The van der Waals surface area contributed by atoms with Crippen LogP contribution in [0.4, 0.5) is 10.8 Å². The molecule has 1 amide bonds. The number of nitrogens with one attached hydrogen (secondary N) is 2. The molecule has 0 saturated carbocycles. The van der Waals surface area contributed by atoms with Crippen molar-refractivity contribution in [1.29, 1.82) is 0 Å². The zero-order valence-corrected chi connectivity index (χ0v) is 12.5. The van der Waals surface area contributed by atoms with Crippen LogP contribution in [-0.2, 0) is 14.6 Å². The van der Waals surface area contributed by atoms with Crippen LogP contribution in [0.15, 0.2) is 4.90 Å². The molecule has 4 N–H and O–H groups in total. The van der Waals surface area contributed by atoms with Crippen molar-refractivity contribution in [3.8, 4) is 0 Å². The van der Waals surface area contributed by atoms with Gasteiger partial charge in [-0.15, -0.1) is 0 Å². The molecule has 0 radical (unpaired) electrons. The summed E-state index contributed by atoms with van der Waals surface area (Å²) in [5.41, 5.74) is 5.62. The number of amides is 1. The predicted molar refractivity (Wildman–Crippen MR) is 76.0 cm³/mol. The van der Waals surface area contributed by atoms with Gasteiger partial charge < -0.3 is 16.4 Å². The largest absolute Gasteiger partial charge is 0.382 e. The summed E-state index contributed by atoms with van der Waals surface area (Å²) < 4.78 is 28.0. The van der Waals surface area contributed by atoms with Crippen molar-refractivity contribution < 1.29 is 13.2 Å². The molecule has 0 spiro atoms. The second kappa shape index (κ2) is 6.71. The minimum Gasteiger partial charge on any atom is -0.382 e. The average molecular weight is 306 g/mol. The second-order valence-corrected chi connectivity index (χ2v) is 6.71. The Labute approximate surface area is 116 Å². The summed E-state index contributed by atoms with van der Waals surface area (Å²) >= 11 is 0.991. The lowest BCUT2D eigenvalue weighted by Gasteiger charge is -2.07. The number of nitrogen functional groups attached to an aromatic ring is 1. The molecular formula is C10H18N4O3S2. The minimum absolute atomic E-state index is 0.0147. The van der Waals surface area contributed by atoms with E-state index in [2.05, 4.69) is 15.0 Å². The first kappa shape index (κ1) is 15.7. The quantitative estimate of drug-likeness (QED) is 0.674. The molecule has 0 aliphatic carbocycles. The van der Waals surface area contributed by atoms with E-state index in [1.54, 1.807) is 14.0 Å². The van der Waals surface area contributed by atoms with Gasteiger partial charge in [0.15, 0.2) is 15.7 Å². The van der Waals surface area contributed by atoms with Gasteiger partial charge in [0.2, 0.25) is 5.91 Å². The van der Waals surface area contributed by atoms with Crippen molar-refractivity contribution in [2.75, 3.05) is 30.4 Å². The number of anilines is 2. The highest BCUT2D eigenvalue weighted by molar-refractivity contribution is 7.91. The summed E-state index contributed by atoms with van der Waals surface area (Å²) in [7, 11) is -1.88. The third-order valence-corrected chi connectivity index (χ3v) is 5.30. The minimum atomic E-state index is -3.42. The normalized spacial score (nSPS) is 11.3. The zero-order valence-electron chi connectivity index (χ0n) is 10.9. The monoisotopic (exact) mass is 306 g/mol. The van der Waals surface area contributed by atoms with Crippen LogP contribution in [0.25, 0.3) is 0 Å². The SMILES string of the molecule is CCCS(=O)(=O)c1c(N)nsc1NCCC(=O)NC. The summed E-state index contributed by atoms with van der Waals surface area (Å²) in [6.07, 6.45) is 0.761. The van der Waals surface area contributed by atoms with Gasteiger partial charge >= 0.3 is 0 Å². The highest BCUT2D eigenvalue weighted by atomic mass is 32.2. The molecule has 0 atom stereocenters. The number of hydrogen-bond acceptors (Lipinski definition) is 7. The van der Waals surface area contributed by atoms with Gasteiger partial charge in [-0.05, 0) is 18.0 Å². The number of nitrogens with zero attached hydrogens (tertiary/aromatic N) is 1. The van der Waals surface area contributed by atoms with Gasteiger partial charge in [0, 0.05) is 20.0 Å². The van der Waals surface area contributed by atoms with Gasteiger partial charge in [-0.1, -0.05) is 6.92 Å². The molecule has 19 heavy (non-hydrogen) atoms. The van der Waals surface area contributed by atoms with Crippen LogP contribution < -0.4 is 16.4 Å². The summed E-state index contributed by atoms with van der Waals surface area (Å²) in [5.74, 6) is -0.0800. The topological polar surface area (TPSA) is 114 Å². The van der Waals surface area contributed by atoms with Crippen LogP contribution in [0, 0.1) is 0 Å². The summed E-state index contributed by atoms with van der Waals surface area (Å²) in [6.45, 7) is 2.11. The van der Waals surface area contributed by atoms with Gasteiger partial charge in [-0.25, -0.2) is 8.42 Å². The van der Waals surface area contributed by atoms with E-state index in [-0.39, 0.29) is 28.8 Å². The van der Waals surface area contributed by atoms with Crippen LogP contribution >= 0.6 is 11.5 Å². The van der Waals surface area contributed by atoms with Crippen LogP contribution in [-0.4, -0.2) is 38.0 Å². The standard InChI is InChI=1S/C10H18N4O3S2/c1-3-6-19(16,17)8-9(11)14-18-10(8)13-5-4-7(15)12-2/h13H,3-6H2,1-2H3,(H2,11,14)(H,12,15). The number of nitrogens with two attached hydrogens (primary N) is 1. The van der Waals surface area contributed by atoms with Gasteiger partial charge in [-0.2, -0.15) is 4.37 Å². The first-order chi connectivity index (χ1) is 8.92. The second-order valence-electron chi connectivity index (χ2n) is 3.89. The Morgan fingerprint density at radius 3 is 2.74 bits per heavy atom. The number of carbonyl (C=O) groups excluding carboxylic acids is 1. The van der Waals surface area contributed by atoms with Crippen LogP contribution in [0.1, 0.15) is 19.8 Å². The molecule has 0 unspecified atom stereocenters.